The average molecular weight is 244 g/mol. The van der Waals surface area contributed by atoms with Gasteiger partial charge in [-0.15, -0.1) is 0 Å². The van der Waals surface area contributed by atoms with Gasteiger partial charge in [-0.05, 0) is 6.07 Å². The monoisotopic (exact) mass is 244 g/mol. The van der Waals surface area contributed by atoms with E-state index < -0.39 is 11.8 Å². The first kappa shape index (κ1) is 11.8. The van der Waals surface area contributed by atoms with E-state index in [0.717, 1.165) is 16.5 Å². The maximum Gasteiger partial charge on any atom is 0.329 e. The summed E-state index contributed by atoms with van der Waals surface area (Å²) in [6, 6.07) is 7.72. The van der Waals surface area contributed by atoms with Crippen molar-refractivity contribution in [1.82, 2.24) is 15.7 Å². The summed E-state index contributed by atoms with van der Waals surface area (Å²) in [7, 11) is 1.38. The summed E-state index contributed by atoms with van der Waals surface area (Å²) in [5.41, 5.74) is 3.96. The molecule has 6 nitrogen and oxygen atoms in total. The number of rotatable bonds is 2. The van der Waals surface area contributed by atoms with Crippen molar-refractivity contribution < 1.29 is 9.59 Å². The number of nitrogens with one attached hydrogen (secondary N) is 3. The first-order valence-electron chi connectivity index (χ1n) is 5.33. The van der Waals surface area contributed by atoms with E-state index in [1.54, 1.807) is 6.20 Å². The molecule has 2 aromatic rings. The smallest absolute Gasteiger partial charge is 0.329 e. The molecule has 0 aliphatic rings. The molecule has 92 valence electrons. The number of hydrogen-bond donors (Lipinski definition) is 3. The molecule has 3 N–H and O–H groups in total. The van der Waals surface area contributed by atoms with Crippen LogP contribution in [0, 0.1) is 0 Å². The molecule has 0 atom stereocenters. The molecule has 6 heteroatoms. The lowest BCUT2D eigenvalue weighted by atomic mass is 10.2. The second kappa shape index (κ2) is 5.13. The van der Waals surface area contributed by atoms with Crippen molar-refractivity contribution in [2.45, 2.75) is 0 Å². The number of nitrogens with zero attached hydrogens (tertiary/aromatic N) is 1. The third-order valence-electron chi connectivity index (χ3n) is 2.42. The van der Waals surface area contributed by atoms with Gasteiger partial charge in [-0.3, -0.25) is 9.59 Å². The summed E-state index contributed by atoms with van der Waals surface area (Å²) in [5, 5.41) is 6.93. The van der Waals surface area contributed by atoms with Crippen LogP contribution in [0.2, 0.25) is 0 Å². The maximum absolute atomic E-state index is 11.1. The summed E-state index contributed by atoms with van der Waals surface area (Å²) in [6.45, 7) is 0. The normalized spacial score (nSPS) is 10.7. The van der Waals surface area contributed by atoms with Crippen LogP contribution >= 0.6 is 0 Å². The summed E-state index contributed by atoms with van der Waals surface area (Å²) in [4.78, 5) is 25.1. The lowest BCUT2D eigenvalue weighted by molar-refractivity contribution is -0.138. The molecule has 18 heavy (non-hydrogen) atoms. The molecular formula is C12H12N4O2. The zero-order valence-electron chi connectivity index (χ0n) is 9.73. The number of H-pyrrole nitrogens is 1. The van der Waals surface area contributed by atoms with Gasteiger partial charge in [0.05, 0.1) is 6.21 Å². The summed E-state index contributed by atoms with van der Waals surface area (Å²) in [6.07, 6.45) is 3.26. The molecular weight excluding hydrogens is 232 g/mol. The third-order valence-corrected chi connectivity index (χ3v) is 2.42. The van der Waals surface area contributed by atoms with Gasteiger partial charge >= 0.3 is 11.8 Å². The molecule has 1 heterocycles. The molecule has 2 rings (SSSR count). The number of amides is 2. The zero-order chi connectivity index (χ0) is 13.0. The average Bonchev–Trinajstić information content (AvgIpc) is 2.81. The number of likely N-dealkylation sites (N-methyl/N-ethyl adjacent to an activating group) is 1. The van der Waals surface area contributed by atoms with E-state index >= 15 is 0 Å². The Morgan fingerprint density at radius 1 is 1.28 bits per heavy atom. The summed E-state index contributed by atoms with van der Waals surface area (Å²) < 4.78 is 0. The number of hydrogen-bond acceptors (Lipinski definition) is 3. The Kier molecular flexibility index (Phi) is 3.38. The second-order valence-electron chi connectivity index (χ2n) is 3.57. The Morgan fingerprint density at radius 3 is 2.83 bits per heavy atom. The van der Waals surface area contributed by atoms with Crippen LogP contribution in [0.25, 0.3) is 10.9 Å². The standard InChI is InChI=1S/C12H12N4O2/c1-13-11(17)12(18)16-15-7-8-6-14-10-5-3-2-4-9(8)10/h2-7,14H,1H3,(H,13,17)(H,16,18)/b15-7+. The molecule has 1 aromatic carbocycles. The molecule has 0 radical (unpaired) electrons. The fourth-order valence-electron chi connectivity index (χ4n) is 1.53. The van der Waals surface area contributed by atoms with E-state index in [4.69, 9.17) is 0 Å². The van der Waals surface area contributed by atoms with Gasteiger partial charge in [0.25, 0.3) is 0 Å². The van der Waals surface area contributed by atoms with Crippen LogP contribution < -0.4 is 10.7 Å². The van der Waals surface area contributed by atoms with Gasteiger partial charge in [0.2, 0.25) is 0 Å². The lowest BCUT2D eigenvalue weighted by Gasteiger charge is -1.96. The van der Waals surface area contributed by atoms with E-state index in [2.05, 4.69) is 20.8 Å². The minimum Gasteiger partial charge on any atom is -0.361 e. The van der Waals surface area contributed by atoms with Gasteiger partial charge < -0.3 is 10.3 Å². The highest BCUT2D eigenvalue weighted by molar-refractivity contribution is 6.35. The molecule has 0 spiro atoms. The van der Waals surface area contributed by atoms with E-state index in [1.807, 2.05) is 24.3 Å². The molecule has 0 saturated heterocycles. The quantitative estimate of drug-likeness (QED) is 0.405. The third kappa shape index (κ3) is 2.37. The zero-order valence-corrected chi connectivity index (χ0v) is 9.73. The lowest BCUT2D eigenvalue weighted by Crippen LogP contribution is -2.35. The molecule has 0 aliphatic heterocycles. The van der Waals surface area contributed by atoms with Crippen molar-refractivity contribution in [1.29, 1.82) is 0 Å². The molecule has 0 bridgehead atoms. The number of benzene rings is 1. The van der Waals surface area contributed by atoms with Gasteiger partial charge in [0.1, 0.15) is 0 Å². The maximum atomic E-state index is 11.1. The predicted molar refractivity (Wildman–Crippen MR) is 68.1 cm³/mol. The largest absolute Gasteiger partial charge is 0.361 e. The predicted octanol–water partition coefficient (Wildman–Crippen LogP) is 0.364. The molecule has 0 fully saturated rings. The number of carbonyl (C=O) groups is 2. The van der Waals surface area contributed by atoms with Crippen LogP contribution in [0.4, 0.5) is 0 Å². The van der Waals surface area contributed by atoms with Crippen LogP contribution in [0.3, 0.4) is 0 Å². The van der Waals surface area contributed by atoms with Crippen LogP contribution in [0.5, 0.6) is 0 Å². The van der Waals surface area contributed by atoms with Gasteiger partial charge in [0.15, 0.2) is 0 Å². The Balaban J connectivity index is 2.10. The van der Waals surface area contributed by atoms with Crippen molar-refractivity contribution in [2.24, 2.45) is 5.10 Å². The van der Waals surface area contributed by atoms with Crippen molar-refractivity contribution in [2.75, 3.05) is 7.05 Å². The highest BCUT2D eigenvalue weighted by Crippen LogP contribution is 2.15. The molecule has 0 aliphatic carbocycles. The van der Waals surface area contributed by atoms with Crippen LogP contribution in [-0.4, -0.2) is 30.1 Å². The minimum absolute atomic E-state index is 0.730. The SMILES string of the molecule is CNC(=O)C(=O)N/N=C/c1c[nH]c2ccccc12. The number of para-hydroxylation sites is 1. The number of aromatic nitrogens is 1. The highest BCUT2D eigenvalue weighted by atomic mass is 16.2. The number of carbonyl (C=O) groups excluding carboxylic acids is 2. The first-order valence-corrected chi connectivity index (χ1v) is 5.33. The summed E-state index contributed by atoms with van der Waals surface area (Å²) in [5.74, 6) is -1.53. The van der Waals surface area contributed by atoms with Crippen LogP contribution in [0.1, 0.15) is 5.56 Å². The minimum atomic E-state index is -0.798. The highest BCUT2D eigenvalue weighted by Gasteiger charge is 2.08. The van der Waals surface area contributed by atoms with E-state index in [-0.39, 0.29) is 0 Å². The van der Waals surface area contributed by atoms with Crippen LogP contribution in [0.15, 0.2) is 35.6 Å². The first-order chi connectivity index (χ1) is 8.72. The van der Waals surface area contributed by atoms with Gasteiger partial charge in [-0.2, -0.15) is 5.10 Å². The molecule has 0 unspecified atom stereocenters. The Labute approximate surface area is 103 Å². The Morgan fingerprint density at radius 2 is 2.06 bits per heavy atom. The fourth-order valence-corrected chi connectivity index (χ4v) is 1.53. The van der Waals surface area contributed by atoms with Gasteiger partial charge in [0, 0.05) is 29.7 Å². The van der Waals surface area contributed by atoms with E-state index in [9.17, 15) is 9.59 Å². The second-order valence-corrected chi connectivity index (χ2v) is 3.57. The Hall–Kier alpha value is -2.63. The topological polar surface area (TPSA) is 86.3 Å². The molecule has 1 aromatic heterocycles. The Bertz CT molecular complexity index is 615. The fraction of sp³-hybridized carbons (Fsp3) is 0.0833. The molecule has 2 amide bonds. The van der Waals surface area contributed by atoms with E-state index in [0.29, 0.717) is 0 Å². The van der Waals surface area contributed by atoms with Gasteiger partial charge in [-0.25, -0.2) is 5.43 Å². The van der Waals surface area contributed by atoms with Gasteiger partial charge in [-0.1, -0.05) is 18.2 Å². The number of fused-ring (bicyclic) bond motifs is 1. The number of aromatic amines is 1. The van der Waals surface area contributed by atoms with Crippen molar-refractivity contribution in [3.8, 4) is 0 Å². The van der Waals surface area contributed by atoms with Crippen molar-refractivity contribution in [3.05, 3.63) is 36.0 Å². The molecule has 0 saturated carbocycles. The van der Waals surface area contributed by atoms with E-state index in [1.165, 1.54) is 13.3 Å². The number of hydrazone groups is 1. The summed E-state index contributed by atoms with van der Waals surface area (Å²) >= 11 is 0. The van der Waals surface area contributed by atoms with Crippen molar-refractivity contribution in [3.63, 3.8) is 0 Å². The van der Waals surface area contributed by atoms with Crippen molar-refractivity contribution >= 4 is 28.9 Å². The van der Waals surface area contributed by atoms with Crippen LogP contribution in [-0.2, 0) is 9.59 Å².